The van der Waals surface area contributed by atoms with Crippen LogP contribution in [0.4, 0.5) is 5.69 Å². The molecule has 0 spiro atoms. The second-order valence-electron chi connectivity index (χ2n) is 4.99. The highest BCUT2D eigenvalue weighted by molar-refractivity contribution is 7.92. The van der Waals surface area contributed by atoms with Crippen LogP contribution in [0.2, 0.25) is 10.0 Å². The van der Waals surface area contributed by atoms with Crippen LogP contribution in [-0.4, -0.2) is 20.9 Å². The van der Waals surface area contributed by atoms with Crippen molar-refractivity contribution in [2.75, 3.05) is 11.3 Å². The molecule has 0 saturated carbocycles. The fourth-order valence-corrected chi connectivity index (χ4v) is 3.45. The lowest BCUT2D eigenvalue weighted by Gasteiger charge is -2.11. The Morgan fingerprint density at radius 2 is 1.83 bits per heavy atom. The summed E-state index contributed by atoms with van der Waals surface area (Å²) in [5.41, 5.74) is 0.438. The summed E-state index contributed by atoms with van der Waals surface area (Å²) in [5.74, 6) is -0.324. The molecule has 0 radical (unpaired) electrons. The van der Waals surface area contributed by atoms with Gasteiger partial charge in [0.2, 0.25) is 0 Å². The molecule has 0 saturated heterocycles. The minimum Gasteiger partial charge on any atom is -0.352 e. The van der Waals surface area contributed by atoms with Crippen LogP contribution in [0.1, 0.15) is 23.7 Å². The second-order valence-corrected chi connectivity index (χ2v) is 7.46. The first-order valence-corrected chi connectivity index (χ1v) is 9.44. The molecule has 2 aromatic rings. The monoisotopic (exact) mass is 386 g/mol. The van der Waals surface area contributed by atoms with E-state index in [2.05, 4.69) is 10.0 Å². The number of carbonyl (C=O) groups excluding carboxylic acids is 1. The molecular weight excluding hydrogens is 371 g/mol. The molecule has 0 unspecified atom stereocenters. The van der Waals surface area contributed by atoms with Crippen molar-refractivity contribution in [3.8, 4) is 0 Å². The van der Waals surface area contributed by atoms with Gasteiger partial charge >= 0.3 is 0 Å². The highest BCUT2D eigenvalue weighted by Crippen LogP contribution is 2.31. The molecule has 0 aliphatic rings. The van der Waals surface area contributed by atoms with Crippen LogP contribution in [0.25, 0.3) is 0 Å². The summed E-state index contributed by atoms with van der Waals surface area (Å²) >= 11 is 11.9. The molecule has 0 aliphatic carbocycles. The Balaban J connectivity index is 2.29. The third-order valence-electron chi connectivity index (χ3n) is 3.14. The van der Waals surface area contributed by atoms with E-state index in [1.54, 1.807) is 18.2 Å². The normalized spacial score (nSPS) is 11.1. The first-order chi connectivity index (χ1) is 11.3. The van der Waals surface area contributed by atoms with Crippen LogP contribution in [0.15, 0.2) is 47.4 Å². The van der Waals surface area contributed by atoms with Gasteiger partial charge in [0, 0.05) is 12.1 Å². The second kappa shape index (κ2) is 7.88. The molecule has 0 atom stereocenters. The highest BCUT2D eigenvalue weighted by atomic mass is 35.5. The Labute approximate surface area is 151 Å². The lowest BCUT2D eigenvalue weighted by atomic mass is 10.2. The van der Waals surface area contributed by atoms with Gasteiger partial charge in [0.25, 0.3) is 15.9 Å². The molecule has 2 rings (SSSR count). The van der Waals surface area contributed by atoms with Crippen LogP contribution >= 0.6 is 23.2 Å². The molecule has 1 amide bonds. The minimum atomic E-state index is -3.90. The summed E-state index contributed by atoms with van der Waals surface area (Å²) in [6, 6.07) is 10.4. The molecule has 0 heterocycles. The number of anilines is 1. The van der Waals surface area contributed by atoms with Crippen LogP contribution in [-0.2, 0) is 10.0 Å². The van der Waals surface area contributed by atoms with E-state index in [0.717, 1.165) is 6.42 Å². The molecule has 2 N–H and O–H groups in total. The molecule has 0 aliphatic heterocycles. The Morgan fingerprint density at radius 1 is 1.12 bits per heavy atom. The molecule has 8 heteroatoms. The van der Waals surface area contributed by atoms with Gasteiger partial charge in [0.05, 0.1) is 20.6 Å². The fourth-order valence-electron chi connectivity index (χ4n) is 1.93. The van der Waals surface area contributed by atoms with Gasteiger partial charge in [-0.1, -0.05) is 42.3 Å². The van der Waals surface area contributed by atoms with Gasteiger partial charge in [-0.2, -0.15) is 0 Å². The molecule has 0 bridgehead atoms. The maximum atomic E-state index is 12.5. The van der Waals surface area contributed by atoms with E-state index in [4.69, 9.17) is 23.2 Å². The Kier molecular flexibility index (Phi) is 6.10. The number of carbonyl (C=O) groups is 1. The topological polar surface area (TPSA) is 75.3 Å². The number of halogens is 2. The predicted molar refractivity (Wildman–Crippen MR) is 96.3 cm³/mol. The van der Waals surface area contributed by atoms with Crippen molar-refractivity contribution < 1.29 is 13.2 Å². The highest BCUT2D eigenvalue weighted by Gasteiger charge is 2.18. The van der Waals surface area contributed by atoms with Crippen LogP contribution in [0.5, 0.6) is 0 Å². The van der Waals surface area contributed by atoms with Crippen molar-refractivity contribution in [3.63, 3.8) is 0 Å². The summed E-state index contributed by atoms with van der Waals surface area (Å²) in [6.45, 7) is 2.45. The largest absolute Gasteiger partial charge is 0.352 e. The first kappa shape index (κ1) is 18.6. The molecular formula is C16H16Cl2N2O3S. The van der Waals surface area contributed by atoms with Crippen molar-refractivity contribution >= 4 is 44.8 Å². The van der Waals surface area contributed by atoms with Gasteiger partial charge in [-0.15, -0.1) is 0 Å². The van der Waals surface area contributed by atoms with Crippen molar-refractivity contribution in [2.24, 2.45) is 0 Å². The average Bonchev–Trinajstić information content (AvgIpc) is 2.57. The van der Waals surface area contributed by atoms with Gasteiger partial charge < -0.3 is 5.32 Å². The standard InChI is InChI=1S/C16H16Cl2N2O3S/c1-2-9-19-16(21)11-5-3-6-12(10-11)24(22,23)20-14-8-4-7-13(17)15(14)18/h3-8,10,20H,2,9H2,1H3,(H,19,21). The van der Waals surface area contributed by atoms with E-state index in [-0.39, 0.29) is 32.1 Å². The van der Waals surface area contributed by atoms with E-state index in [0.29, 0.717) is 6.54 Å². The Morgan fingerprint density at radius 3 is 2.54 bits per heavy atom. The lowest BCUT2D eigenvalue weighted by molar-refractivity contribution is 0.0953. The number of hydrogen-bond acceptors (Lipinski definition) is 3. The van der Waals surface area contributed by atoms with Gasteiger partial charge in [0.15, 0.2) is 0 Å². The summed E-state index contributed by atoms with van der Waals surface area (Å²) in [6.07, 6.45) is 0.790. The lowest BCUT2D eigenvalue weighted by Crippen LogP contribution is -2.24. The maximum Gasteiger partial charge on any atom is 0.261 e. The fraction of sp³-hybridized carbons (Fsp3) is 0.188. The SMILES string of the molecule is CCCNC(=O)c1cccc(S(=O)(=O)Nc2cccc(Cl)c2Cl)c1. The number of rotatable bonds is 6. The van der Waals surface area contributed by atoms with Crippen molar-refractivity contribution in [1.29, 1.82) is 0 Å². The van der Waals surface area contributed by atoms with Crippen molar-refractivity contribution in [3.05, 3.63) is 58.1 Å². The zero-order chi connectivity index (χ0) is 17.7. The van der Waals surface area contributed by atoms with Gasteiger partial charge in [-0.3, -0.25) is 9.52 Å². The van der Waals surface area contributed by atoms with E-state index >= 15 is 0 Å². The third kappa shape index (κ3) is 4.41. The quantitative estimate of drug-likeness (QED) is 0.789. The van der Waals surface area contributed by atoms with Crippen molar-refractivity contribution in [2.45, 2.75) is 18.2 Å². The zero-order valence-corrected chi connectivity index (χ0v) is 15.2. The van der Waals surface area contributed by atoms with E-state index in [1.807, 2.05) is 6.92 Å². The number of benzene rings is 2. The maximum absolute atomic E-state index is 12.5. The Bertz CT molecular complexity index is 854. The molecule has 5 nitrogen and oxygen atoms in total. The summed E-state index contributed by atoms with van der Waals surface area (Å²) in [7, 11) is -3.90. The van der Waals surface area contributed by atoms with Gasteiger partial charge in [-0.25, -0.2) is 8.42 Å². The molecule has 0 fully saturated rings. The molecule has 24 heavy (non-hydrogen) atoms. The number of nitrogens with one attached hydrogen (secondary N) is 2. The van der Waals surface area contributed by atoms with Gasteiger partial charge in [-0.05, 0) is 36.8 Å². The molecule has 2 aromatic carbocycles. The molecule has 0 aromatic heterocycles. The number of sulfonamides is 1. The van der Waals surface area contributed by atoms with E-state index in [9.17, 15) is 13.2 Å². The average molecular weight is 387 g/mol. The Hall–Kier alpha value is -1.76. The molecule has 128 valence electrons. The number of hydrogen-bond donors (Lipinski definition) is 2. The summed E-state index contributed by atoms with van der Waals surface area (Å²) in [4.78, 5) is 11.9. The first-order valence-electron chi connectivity index (χ1n) is 7.20. The smallest absolute Gasteiger partial charge is 0.261 e. The predicted octanol–water partition coefficient (Wildman–Crippen LogP) is 3.93. The van der Waals surface area contributed by atoms with Gasteiger partial charge in [0.1, 0.15) is 0 Å². The number of amides is 1. The van der Waals surface area contributed by atoms with Crippen molar-refractivity contribution in [1.82, 2.24) is 5.32 Å². The van der Waals surface area contributed by atoms with Crippen LogP contribution in [0, 0.1) is 0 Å². The van der Waals surface area contributed by atoms with Crippen LogP contribution < -0.4 is 10.0 Å². The van der Waals surface area contributed by atoms with Crippen LogP contribution in [0.3, 0.4) is 0 Å². The summed E-state index contributed by atoms with van der Waals surface area (Å²) < 4.78 is 27.4. The third-order valence-corrected chi connectivity index (χ3v) is 5.32. The summed E-state index contributed by atoms with van der Waals surface area (Å²) in [5, 5.41) is 3.05. The van der Waals surface area contributed by atoms with E-state index in [1.165, 1.54) is 24.3 Å². The van der Waals surface area contributed by atoms with E-state index < -0.39 is 10.0 Å². The minimum absolute atomic E-state index is 0.0392. The zero-order valence-electron chi connectivity index (χ0n) is 12.8.